The molecule has 1 aliphatic heterocycles. The van der Waals surface area contributed by atoms with Crippen molar-refractivity contribution in [2.24, 2.45) is 0 Å². The van der Waals surface area contributed by atoms with Gasteiger partial charge in [0.15, 0.2) is 0 Å². The highest BCUT2D eigenvalue weighted by Crippen LogP contribution is 2.14. The van der Waals surface area contributed by atoms with Gasteiger partial charge in [0.05, 0.1) is 6.10 Å². The third kappa shape index (κ3) is 3.58. The maximum atomic E-state index is 10.2. The fourth-order valence-electron chi connectivity index (χ4n) is 1.20. The first kappa shape index (κ1) is 8.81. The van der Waals surface area contributed by atoms with Crippen molar-refractivity contribution in [3.05, 3.63) is 0 Å². The third-order valence-electron chi connectivity index (χ3n) is 1.75. The smallest absolute Gasteiger partial charge is 0.313 e. The third-order valence-corrected chi connectivity index (χ3v) is 1.89. The topological polar surface area (TPSA) is 38.3 Å². The summed E-state index contributed by atoms with van der Waals surface area (Å²) in [6, 6.07) is 0. The first-order valence-electron chi connectivity index (χ1n) is 3.84. The van der Waals surface area contributed by atoms with Gasteiger partial charge in [-0.1, -0.05) is 0 Å². The van der Waals surface area contributed by atoms with Crippen LogP contribution in [0.4, 0.5) is 4.79 Å². The lowest BCUT2D eigenvalue weighted by atomic mass is 10.2. The molecule has 1 atom stereocenters. The Morgan fingerprint density at radius 2 is 2.55 bits per heavy atom. The summed E-state index contributed by atoms with van der Waals surface area (Å²) in [4.78, 5) is 10.2. The fraction of sp³-hybridized carbons (Fsp3) is 0.857. The average Bonchev–Trinajstić information content (AvgIpc) is 2.39. The lowest BCUT2D eigenvalue weighted by Crippen LogP contribution is -2.21. The van der Waals surface area contributed by atoms with Crippen LogP contribution in [0.1, 0.15) is 19.3 Å². The van der Waals surface area contributed by atoms with E-state index in [-0.39, 0.29) is 0 Å². The van der Waals surface area contributed by atoms with Gasteiger partial charge in [-0.25, -0.2) is 0 Å². The van der Waals surface area contributed by atoms with E-state index in [2.05, 4.69) is 5.32 Å². The Balaban J connectivity index is 1.98. The molecule has 3 nitrogen and oxygen atoms in total. The molecular weight excluding hydrogens is 166 g/mol. The van der Waals surface area contributed by atoms with Crippen molar-refractivity contribution in [3.8, 4) is 0 Å². The van der Waals surface area contributed by atoms with Crippen molar-refractivity contribution in [2.75, 3.05) is 13.2 Å². The van der Waals surface area contributed by atoms with E-state index in [0.717, 1.165) is 25.9 Å². The van der Waals surface area contributed by atoms with Crippen molar-refractivity contribution in [2.45, 2.75) is 25.4 Å². The molecule has 0 aliphatic carbocycles. The van der Waals surface area contributed by atoms with Crippen LogP contribution in [0.15, 0.2) is 0 Å². The van der Waals surface area contributed by atoms with Gasteiger partial charge in [-0.3, -0.25) is 4.79 Å². The van der Waals surface area contributed by atoms with E-state index in [1.165, 1.54) is 0 Å². The number of amides is 1. The van der Waals surface area contributed by atoms with Gasteiger partial charge >= 0.3 is 5.37 Å². The first-order chi connectivity index (χ1) is 5.29. The number of rotatable bonds is 3. The number of carbonyl (C=O) groups is 1. The highest BCUT2D eigenvalue weighted by atomic mass is 35.5. The molecule has 1 unspecified atom stereocenters. The maximum Gasteiger partial charge on any atom is 0.313 e. The summed E-state index contributed by atoms with van der Waals surface area (Å²) in [6.45, 7) is 1.48. The highest BCUT2D eigenvalue weighted by Gasteiger charge is 2.14. The molecule has 0 aromatic carbocycles. The Morgan fingerprint density at radius 3 is 3.09 bits per heavy atom. The van der Waals surface area contributed by atoms with Crippen molar-refractivity contribution >= 4 is 17.0 Å². The van der Waals surface area contributed by atoms with Crippen LogP contribution in [-0.2, 0) is 4.74 Å². The second-order valence-electron chi connectivity index (χ2n) is 2.62. The Kier molecular flexibility index (Phi) is 3.66. The predicted octanol–water partition coefficient (Wildman–Crippen LogP) is 1.50. The monoisotopic (exact) mass is 177 g/mol. The molecule has 1 saturated heterocycles. The molecule has 0 bridgehead atoms. The number of carbonyl (C=O) groups excluding carboxylic acids is 1. The summed E-state index contributed by atoms with van der Waals surface area (Å²) in [5.41, 5.74) is 0. The second-order valence-corrected chi connectivity index (χ2v) is 2.97. The van der Waals surface area contributed by atoms with Crippen LogP contribution in [0.25, 0.3) is 0 Å². The molecular formula is C7H12ClNO2. The fourth-order valence-corrected chi connectivity index (χ4v) is 1.30. The van der Waals surface area contributed by atoms with Crippen molar-refractivity contribution in [1.82, 2.24) is 5.32 Å². The zero-order valence-electron chi connectivity index (χ0n) is 6.31. The van der Waals surface area contributed by atoms with E-state index in [1.807, 2.05) is 0 Å². The number of hydrogen-bond acceptors (Lipinski definition) is 2. The molecule has 64 valence electrons. The SMILES string of the molecule is O=C(Cl)NCCC1CCCO1. The molecule has 1 amide bonds. The summed E-state index contributed by atoms with van der Waals surface area (Å²) < 4.78 is 5.34. The van der Waals surface area contributed by atoms with Crippen LogP contribution in [-0.4, -0.2) is 24.6 Å². The molecule has 1 fully saturated rings. The summed E-state index contributed by atoms with van der Waals surface area (Å²) in [5, 5.41) is 2.04. The predicted molar refractivity (Wildman–Crippen MR) is 42.8 cm³/mol. The highest BCUT2D eigenvalue weighted by molar-refractivity contribution is 6.62. The lowest BCUT2D eigenvalue weighted by Gasteiger charge is -2.07. The van der Waals surface area contributed by atoms with Gasteiger partial charge < -0.3 is 10.1 Å². The lowest BCUT2D eigenvalue weighted by molar-refractivity contribution is 0.105. The minimum absolute atomic E-state index is 0.332. The molecule has 1 N–H and O–H groups in total. The Bertz CT molecular complexity index is 134. The van der Waals surface area contributed by atoms with Gasteiger partial charge in [0.1, 0.15) is 0 Å². The number of halogens is 1. The summed E-state index contributed by atoms with van der Waals surface area (Å²) in [7, 11) is 0. The van der Waals surface area contributed by atoms with Crippen LogP contribution in [0.5, 0.6) is 0 Å². The zero-order valence-corrected chi connectivity index (χ0v) is 7.06. The number of hydrogen-bond donors (Lipinski definition) is 1. The average molecular weight is 178 g/mol. The largest absolute Gasteiger partial charge is 0.378 e. The van der Waals surface area contributed by atoms with E-state index in [9.17, 15) is 4.79 Å². The first-order valence-corrected chi connectivity index (χ1v) is 4.22. The summed E-state index contributed by atoms with van der Waals surface area (Å²) in [6.07, 6.45) is 3.45. The molecule has 0 radical (unpaired) electrons. The van der Waals surface area contributed by atoms with E-state index < -0.39 is 5.37 Å². The molecule has 11 heavy (non-hydrogen) atoms. The Morgan fingerprint density at radius 1 is 1.73 bits per heavy atom. The van der Waals surface area contributed by atoms with Crippen LogP contribution in [0.3, 0.4) is 0 Å². The molecule has 0 aromatic heterocycles. The van der Waals surface area contributed by atoms with Crippen LogP contribution >= 0.6 is 11.6 Å². The molecule has 0 spiro atoms. The molecule has 0 aromatic rings. The quantitative estimate of drug-likeness (QED) is 0.524. The molecule has 1 heterocycles. The van der Waals surface area contributed by atoms with Crippen molar-refractivity contribution in [1.29, 1.82) is 0 Å². The number of nitrogens with one attached hydrogen (secondary N) is 1. The molecule has 0 saturated carbocycles. The normalized spacial score (nSPS) is 23.5. The van der Waals surface area contributed by atoms with Crippen molar-refractivity contribution < 1.29 is 9.53 Å². The van der Waals surface area contributed by atoms with Gasteiger partial charge in [0, 0.05) is 13.2 Å². The summed E-state index contributed by atoms with van der Waals surface area (Å²) in [5.74, 6) is 0. The van der Waals surface area contributed by atoms with Gasteiger partial charge in [-0.05, 0) is 30.9 Å². The van der Waals surface area contributed by atoms with E-state index in [0.29, 0.717) is 12.6 Å². The van der Waals surface area contributed by atoms with E-state index in [1.54, 1.807) is 0 Å². The van der Waals surface area contributed by atoms with E-state index >= 15 is 0 Å². The van der Waals surface area contributed by atoms with Crippen LogP contribution < -0.4 is 5.32 Å². The molecule has 1 aliphatic rings. The van der Waals surface area contributed by atoms with Gasteiger partial charge in [0.25, 0.3) is 0 Å². The molecule has 4 heteroatoms. The van der Waals surface area contributed by atoms with Crippen LogP contribution in [0.2, 0.25) is 0 Å². The van der Waals surface area contributed by atoms with Crippen LogP contribution in [0, 0.1) is 0 Å². The summed E-state index contributed by atoms with van der Waals surface area (Å²) >= 11 is 5.07. The minimum atomic E-state index is -0.483. The zero-order chi connectivity index (χ0) is 8.10. The Labute approximate surface area is 71.1 Å². The van der Waals surface area contributed by atoms with Gasteiger partial charge in [-0.2, -0.15) is 0 Å². The van der Waals surface area contributed by atoms with Gasteiger partial charge in [0.2, 0.25) is 0 Å². The standard InChI is InChI=1S/C7H12ClNO2/c8-7(10)9-4-3-6-2-1-5-11-6/h6H,1-5H2,(H,9,10). The van der Waals surface area contributed by atoms with Gasteiger partial charge in [-0.15, -0.1) is 0 Å². The van der Waals surface area contributed by atoms with E-state index in [4.69, 9.17) is 16.3 Å². The molecule has 1 rings (SSSR count). The Hall–Kier alpha value is -0.280. The second kappa shape index (κ2) is 4.57. The number of ether oxygens (including phenoxy) is 1. The minimum Gasteiger partial charge on any atom is -0.378 e. The maximum absolute atomic E-state index is 10.2. The van der Waals surface area contributed by atoms with Crippen molar-refractivity contribution in [3.63, 3.8) is 0 Å².